The Hall–Kier alpha value is -5.06. The first kappa shape index (κ1) is 30.5. The normalized spacial score (nSPS) is 10.5. The molecular weight excluding hydrogens is 530 g/mol. The summed E-state index contributed by atoms with van der Waals surface area (Å²) >= 11 is 0. The van der Waals surface area contributed by atoms with E-state index in [1.165, 1.54) is 27.5 Å². The van der Waals surface area contributed by atoms with Crippen LogP contribution in [0.15, 0.2) is 65.8 Å². The largest absolute Gasteiger partial charge is 0.493 e. The van der Waals surface area contributed by atoms with Gasteiger partial charge < -0.3 is 29.0 Å². The molecule has 2 N–H and O–H groups in total. The summed E-state index contributed by atoms with van der Waals surface area (Å²) in [7, 11) is 4.42. The lowest BCUT2D eigenvalue weighted by atomic mass is 10.1. The first-order valence-electron chi connectivity index (χ1n) is 12.8. The molecule has 3 aromatic rings. The Bertz CT molecular complexity index is 1350. The summed E-state index contributed by atoms with van der Waals surface area (Å²) in [4.78, 5) is 37.2. The predicted octanol–water partition coefficient (Wildman–Crippen LogP) is 3.99. The Morgan fingerprint density at radius 1 is 0.829 bits per heavy atom. The molecule has 0 saturated carbocycles. The minimum absolute atomic E-state index is 0.144. The van der Waals surface area contributed by atoms with Gasteiger partial charge in [0.05, 0.1) is 39.7 Å². The number of hydrazone groups is 1. The molecule has 0 heterocycles. The third-order valence-electron chi connectivity index (χ3n) is 5.68. The molecule has 0 aliphatic carbocycles. The van der Waals surface area contributed by atoms with Crippen molar-refractivity contribution in [3.05, 3.63) is 77.4 Å². The highest BCUT2D eigenvalue weighted by Crippen LogP contribution is 2.38. The summed E-state index contributed by atoms with van der Waals surface area (Å²) < 4.78 is 26.9. The standard InChI is InChI=1S/C30H33N3O8/c1-5-40-24-16-20(13-14-23(24)41-30(36)21-10-7-6-8-11-21)19-32-33-27(34)12-9-15-31-29(35)22-17-25(37-2)28(39-4)26(18-22)38-3/h6-8,10-11,13-14,16-19H,5,9,12,15H2,1-4H3,(H,31,35)(H,33,34). The fraction of sp³-hybridized carbons (Fsp3) is 0.267. The minimum atomic E-state index is -0.500. The molecular formula is C30H33N3O8. The zero-order valence-electron chi connectivity index (χ0n) is 23.4. The average molecular weight is 564 g/mol. The SMILES string of the molecule is CCOc1cc(C=NNC(=O)CCCNC(=O)c2cc(OC)c(OC)c(OC)c2)ccc1OC(=O)c1ccccc1. The summed E-state index contributed by atoms with van der Waals surface area (Å²) in [6.45, 7) is 2.45. The maximum Gasteiger partial charge on any atom is 0.343 e. The molecule has 216 valence electrons. The number of rotatable bonds is 14. The third kappa shape index (κ3) is 8.72. The number of amides is 2. The number of carbonyl (C=O) groups is 3. The maximum atomic E-state index is 12.6. The van der Waals surface area contributed by atoms with Crippen LogP contribution in [0.2, 0.25) is 0 Å². The van der Waals surface area contributed by atoms with Gasteiger partial charge in [-0.1, -0.05) is 18.2 Å². The van der Waals surface area contributed by atoms with E-state index in [1.54, 1.807) is 54.6 Å². The van der Waals surface area contributed by atoms with Gasteiger partial charge in [-0.15, -0.1) is 0 Å². The highest BCUT2D eigenvalue weighted by molar-refractivity contribution is 5.95. The minimum Gasteiger partial charge on any atom is -0.493 e. The van der Waals surface area contributed by atoms with Gasteiger partial charge in [0.15, 0.2) is 23.0 Å². The van der Waals surface area contributed by atoms with Gasteiger partial charge in [0.25, 0.3) is 5.91 Å². The van der Waals surface area contributed by atoms with Crippen molar-refractivity contribution in [2.24, 2.45) is 5.10 Å². The molecule has 0 saturated heterocycles. The molecule has 0 aliphatic rings. The van der Waals surface area contributed by atoms with Crippen LogP contribution in [0.1, 0.15) is 46.0 Å². The van der Waals surface area contributed by atoms with Crippen LogP contribution in [-0.4, -0.2) is 58.5 Å². The second-order valence-corrected chi connectivity index (χ2v) is 8.46. The molecule has 0 spiro atoms. The molecule has 0 unspecified atom stereocenters. The molecule has 0 aliphatic heterocycles. The zero-order chi connectivity index (χ0) is 29.6. The Labute approximate surface area is 238 Å². The van der Waals surface area contributed by atoms with Crippen molar-refractivity contribution in [2.45, 2.75) is 19.8 Å². The Morgan fingerprint density at radius 2 is 1.54 bits per heavy atom. The van der Waals surface area contributed by atoms with E-state index in [-0.39, 0.29) is 30.5 Å². The van der Waals surface area contributed by atoms with E-state index in [2.05, 4.69) is 15.8 Å². The van der Waals surface area contributed by atoms with Crippen molar-refractivity contribution in [2.75, 3.05) is 34.5 Å². The summed E-state index contributed by atoms with van der Waals surface area (Å²) in [6.07, 6.45) is 1.99. The van der Waals surface area contributed by atoms with Crippen LogP contribution in [-0.2, 0) is 4.79 Å². The van der Waals surface area contributed by atoms with E-state index in [1.807, 2.05) is 13.0 Å². The molecule has 2 amide bonds. The van der Waals surface area contributed by atoms with Gasteiger partial charge in [0.1, 0.15) is 0 Å². The van der Waals surface area contributed by atoms with Crippen molar-refractivity contribution in [3.8, 4) is 28.7 Å². The first-order valence-corrected chi connectivity index (χ1v) is 12.8. The van der Waals surface area contributed by atoms with Gasteiger partial charge in [0, 0.05) is 18.5 Å². The van der Waals surface area contributed by atoms with Gasteiger partial charge in [-0.3, -0.25) is 9.59 Å². The monoisotopic (exact) mass is 563 g/mol. The number of carbonyl (C=O) groups excluding carboxylic acids is 3. The summed E-state index contributed by atoms with van der Waals surface area (Å²) in [6, 6.07) is 16.7. The number of hydrogen-bond acceptors (Lipinski definition) is 9. The Morgan fingerprint density at radius 3 is 2.17 bits per heavy atom. The maximum absolute atomic E-state index is 12.6. The van der Waals surface area contributed by atoms with Crippen LogP contribution in [0, 0.1) is 0 Å². The molecule has 0 radical (unpaired) electrons. The van der Waals surface area contributed by atoms with Gasteiger partial charge in [-0.2, -0.15) is 5.10 Å². The summed E-state index contributed by atoms with van der Waals surface area (Å²) in [5, 5.41) is 6.75. The van der Waals surface area contributed by atoms with Crippen molar-refractivity contribution in [3.63, 3.8) is 0 Å². The fourth-order valence-electron chi connectivity index (χ4n) is 3.69. The Kier molecular flexibility index (Phi) is 11.5. The quantitative estimate of drug-likeness (QED) is 0.0989. The lowest BCUT2D eigenvalue weighted by molar-refractivity contribution is -0.121. The predicted molar refractivity (Wildman–Crippen MR) is 152 cm³/mol. The number of nitrogens with one attached hydrogen (secondary N) is 2. The van der Waals surface area contributed by atoms with Crippen LogP contribution in [0.4, 0.5) is 0 Å². The number of methoxy groups -OCH3 is 3. The molecule has 3 aromatic carbocycles. The van der Waals surface area contributed by atoms with Crippen LogP contribution < -0.4 is 34.4 Å². The Balaban J connectivity index is 1.48. The van der Waals surface area contributed by atoms with E-state index < -0.39 is 5.97 Å². The summed E-state index contributed by atoms with van der Waals surface area (Å²) in [5.41, 5.74) is 3.84. The molecule has 41 heavy (non-hydrogen) atoms. The van der Waals surface area contributed by atoms with Crippen molar-refractivity contribution in [1.29, 1.82) is 0 Å². The molecule has 3 rings (SSSR count). The van der Waals surface area contributed by atoms with E-state index in [4.69, 9.17) is 23.7 Å². The second kappa shape index (κ2) is 15.5. The van der Waals surface area contributed by atoms with Crippen molar-refractivity contribution >= 4 is 24.0 Å². The van der Waals surface area contributed by atoms with Crippen LogP contribution in [0.5, 0.6) is 28.7 Å². The lowest BCUT2D eigenvalue weighted by Crippen LogP contribution is -2.26. The second-order valence-electron chi connectivity index (χ2n) is 8.46. The number of ether oxygens (including phenoxy) is 5. The van der Waals surface area contributed by atoms with Crippen molar-refractivity contribution < 1.29 is 38.1 Å². The number of esters is 1. The van der Waals surface area contributed by atoms with E-state index in [9.17, 15) is 14.4 Å². The number of hydrogen-bond donors (Lipinski definition) is 2. The van der Waals surface area contributed by atoms with Crippen LogP contribution in [0.3, 0.4) is 0 Å². The van der Waals surface area contributed by atoms with Gasteiger partial charge in [-0.25, -0.2) is 10.2 Å². The molecule has 11 heteroatoms. The fourth-order valence-corrected chi connectivity index (χ4v) is 3.69. The molecule has 0 bridgehead atoms. The topological polar surface area (TPSA) is 134 Å². The third-order valence-corrected chi connectivity index (χ3v) is 5.68. The van der Waals surface area contributed by atoms with E-state index in [0.29, 0.717) is 52.7 Å². The highest BCUT2D eigenvalue weighted by atomic mass is 16.6. The van der Waals surface area contributed by atoms with Gasteiger partial charge in [-0.05, 0) is 61.4 Å². The van der Waals surface area contributed by atoms with Crippen LogP contribution in [0.25, 0.3) is 0 Å². The highest BCUT2D eigenvalue weighted by Gasteiger charge is 2.17. The van der Waals surface area contributed by atoms with Gasteiger partial charge in [0.2, 0.25) is 11.7 Å². The number of benzene rings is 3. The smallest absolute Gasteiger partial charge is 0.343 e. The molecule has 0 aromatic heterocycles. The molecule has 11 nitrogen and oxygen atoms in total. The zero-order valence-corrected chi connectivity index (χ0v) is 23.4. The average Bonchev–Trinajstić information content (AvgIpc) is 3.00. The van der Waals surface area contributed by atoms with Crippen LogP contribution >= 0.6 is 0 Å². The van der Waals surface area contributed by atoms with E-state index >= 15 is 0 Å². The lowest BCUT2D eigenvalue weighted by Gasteiger charge is -2.14. The molecule has 0 atom stereocenters. The van der Waals surface area contributed by atoms with Gasteiger partial charge >= 0.3 is 5.97 Å². The number of nitrogens with zero attached hydrogens (tertiary/aromatic N) is 1. The van der Waals surface area contributed by atoms with Crippen molar-refractivity contribution in [1.82, 2.24) is 10.7 Å². The molecule has 0 fully saturated rings. The van der Waals surface area contributed by atoms with E-state index in [0.717, 1.165) is 0 Å². The first-order chi connectivity index (χ1) is 19.9. The summed E-state index contributed by atoms with van der Waals surface area (Å²) in [5.74, 6) is 0.605.